The highest BCUT2D eigenvalue weighted by molar-refractivity contribution is 5.89. The van der Waals surface area contributed by atoms with Gasteiger partial charge in [-0.2, -0.15) is 0 Å². The molecule has 116 valence electrons. The molecule has 1 unspecified atom stereocenters. The predicted octanol–water partition coefficient (Wildman–Crippen LogP) is 2.99. The van der Waals surface area contributed by atoms with Crippen LogP contribution in [0.3, 0.4) is 0 Å². The van der Waals surface area contributed by atoms with Crippen molar-refractivity contribution < 1.29 is 18.7 Å². The van der Waals surface area contributed by atoms with E-state index in [9.17, 15) is 18.7 Å². The van der Waals surface area contributed by atoms with Gasteiger partial charge in [-0.1, -0.05) is 30.3 Å². The van der Waals surface area contributed by atoms with E-state index in [1.165, 1.54) is 0 Å². The van der Waals surface area contributed by atoms with Gasteiger partial charge in [0.15, 0.2) is 0 Å². The summed E-state index contributed by atoms with van der Waals surface area (Å²) in [5, 5.41) is 15.1. The molecule has 0 saturated heterocycles. The molecular weight excluding hydrogens is 290 g/mol. The summed E-state index contributed by atoms with van der Waals surface area (Å²) < 4.78 is 26.0. The Hall–Kier alpha value is -2.47. The Balaban J connectivity index is 1.95. The van der Waals surface area contributed by atoms with Crippen molar-refractivity contribution in [3.05, 3.63) is 65.7 Å². The van der Waals surface area contributed by atoms with Crippen molar-refractivity contribution in [1.29, 1.82) is 0 Å². The number of nitrogens with one attached hydrogen (secondary N) is 2. The number of urea groups is 1. The van der Waals surface area contributed by atoms with Gasteiger partial charge in [-0.25, -0.2) is 13.6 Å². The molecule has 0 aliphatic heterocycles. The second kappa shape index (κ2) is 6.53. The molecule has 0 aromatic heterocycles. The fraction of sp³-hybridized carbons (Fsp3) is 0.188. The molecule has 0 bridgehead atoms. The standard InChI is InChI=1S/C16H16F2N2O2/c1-16(22,11-5-3-2-4-6-11)10-19-15(21)20-14-8-12(17)7-13(18)9-14/h2-9,22H,10H2,1H3,(H2,19,20,21). The number of carbonyl (C=O) groups is 1. The van der Waals surface area contributed by atoms with Gasteiger partial charge >= 0.3 is 6.03 Å². The lowest BCUT2D eigenvalue weighted by Crippen LogP contribution is -2.40. The fourth-order valence-electron chi connectivity index (χ4n) is 1.95. The van der Waals surface area contributed by atoms with E-state index in [-0.39, 0.29) is 12.2 Å². The van der Waals surface area contributed by atoms with E-state index in [1.54, 1.807) is 31.2 Å². The molecule has 2 rings (SSSR count). The first-order valence-corrected chi connectivity index (χ1v) is 6.66. The molecule has 0 radical (unpaired) electrons. The quantitative estimate of drug-likeness (QED) is 0.813. The van der Waals surface area contributed by atoms with Crippen LogP contribution in [-0.4, -0.2) is 17.7 Å². The summed E-state index contributed by atoms with van der Waals surface area (Å²) in [5.74, 6) is -1.57. The third-order valence-corrected chi connectivity index (χ3v) is 3.11. The molecule has 22 heavy (non-hydrogen) atoms. The van der Waals surface area contributed by atoms with Crippen LogP contribution in [0, 0.1) is 11.6 Å². The minimum absolute atomic E-state index is 0.00523. The molecule has 1 atom stereocenters. The normalized spacial score (nSPS) is 13.3. The van der Waals surface area contributed by atoms with Gasteiger partial charge in [-0.3, -0.25) is 0 Å². The van der Waals surface area contributed by atoms with Crippen LogP contribution in [0.1, 0.15) is 12.5 Å². The van der Waals surface area contributed by atoms with Crippen molar-refractivity contribution in [2.45, 2.75) is 12.5 Å². The van der Waals surface area contributed by atoms with Crippen LogP contribution in [0.5, 0.6) is 0 Å². The van der Waals surface area contributed by atoms with Gasteiger partial charge in [-0.15, -0.1) is 0 Å². The Labute approximate surface area is 126 Å². The first kappa shape index (κ1) is 15.9. The molecule has 6 heteroatoms. The van der Waals surface area contributed by atoms with Gasteiger partial charge in [0.25, 0.3) is 0 Å². The van der Waals surface area contributed by atoms with E-state index in [2.05, 4.69) is 10.6 Å². The maximum absolute atomic E-state index is 13.0. The summed E-state index contributed by atoms with van der Waals surface area (Å²) in [6.07, 6.45) is 0. The van der Waals surface area contributed by atoms with Gasteiger partial charge < -0.3 is 15.7 Å². The average Bonchev–Trinajstić information content (AvgIpc) is 2.45. The van der Waals surface area contributed by atoms with E-state index in [0.717, 1.165) is 12.1 Å². The van der Waals surface area contributed by atoms with E-state index in [1.807, 2.05) is 6.07 Å². The smallest absolute Gasteiger partial charge is 0.319 e. The molecule has 0 aliphatic carbocycles. The lowest BCUT2D eigenvalue weighted by molar-refractivity contribution is 0.0599. The van der Waals surface area contributed by atoms with Crippen LogP contribution >= 0.6 is 0 Å². The number of hydrogen-bond acceptors (Lipinski definition) is 2. The van der Waals surface area contributed by atoms with Crippen molar-refractivity contribution in [3.63, 3.8) is 0 Å². The van der Waals surface area contributed by atoms with Crippen molar-refractivity contribution >= 4 is 11.7 Å². The molecule has 0 fully saturated rings. The number of halogens is 2. The van der Waals surface area contributed by atoms with E-state index in [4.69, 9.17) is 0 Å². The number of rotatable bonds is 4. The average molecular weight is 306 g/mol. The number of hydrogen-bond donors (Lipinski definition) is 3. The third kappa shape index (κ3) is 4.26. The van der Waals surface area contributed by atoms with Crippen LogP contribution in [0.15, 0.2) is 48.5 Å². The molecule has 0 spiro atoms. The predicted molar refractivity (Wildman–Crippen MR) is 79.4 cm³/mol. The van der Waals surface area contributed by atoms with Crippen molar-refractivity contribution in [1.82, 2.24) is 5.32 Å². The third-order valence-electron chi connectivity index (χ3n) is 3.11. The van der Waals surface area contributed by atoms with Gasteiger partial charge in [0.2, 0.25) is 0 Å². The Morgan fingerprint density at radius 2 is 1.73 bits per heavy atom. The molecule has 2 aromatic carbocycles. The number of aliphatic hydroxyl groups is 1. The minimum atomic E-state index is -1.26. The molecule has 2 amide bonds. The summed E-state index contributed by atoms with van der Waals surface area (Å²) in [6.45, 7) is 1.51. The van der Waals surface area contributed by atoms with Crippen LogP contribution in [0.2, 0.25) is 0 Å². The number of amides is 2. The zero-order valence-electron chi connectivity index (χ0n) is 11.9. The van der Waals surface area contributed by atoms with E-state index >= 15 is 0 Å². The van der Waals surface area contributed by atoms with Crippen molar-refractivity contribution in [2.24, 2.45) is 0 Å². The second-order valence-electron chi connectivity index (χ2n) is 5.11. The monoisotopic (exact) mass is 306 g/mol. The maximum Gasteiger partial charge on any atom is 0.319 e. The SMILES string of the molecule is CC(O)(CNC(=O)Nc1cc(F)cc(F)c1)c1ccccc1. The second-order valence-corrected chi connectivity index (χ2v) is 5.11. The molecule has 0 saturated carbocycles. The van der Waals surface area contributed by atoms with Gasteiger partial charge in [0.05, 0.1) is 6.54 Å². The highest BCUT2D eigenvalue weighted by atomic mass is 19.1. The summed E-state index contributed by atoms with van der Waals surface area (Å²) in [7, 11) is 0. The van der Waals surface area contributed by atoms with Crippen LogP contribution < -0.4 is 10.6 Å². The van der Waals surface area contributed by atoms with Gasteiger partial charge in [0, 0.05) is 11.8 Å². The van der Waals surface area contributed by atoms with Crippen LogP contribution in [0.25, 0.3) is 0 Å². The van der Waals surface area contributed by atoms with Gasteiger partial charge in [0.1, 0.15) is 17.2 Å². The van der Waals surface area contributed by atoms with Gasteiger partial charge in [-0.05, 0) is 24.6 Å². The van der Waals surface area contributed by atoms with Crippen molar-refractivity contribution in [2.75, 3.05) is 11.9 Å². The highest BCUT2D eigenvalue weighted by Gasteiger charge is 2.23. The molecule has 0 heterocycles. The molecule has 2 aromatic rings. The first-order chi connectivity index (χ1) is 10.4. The molecule has 4 nitrogen and oxygen atoms in total. The molecule has 3 N–H and O–H groups in total. The van der Waals surface area contributed by atoms with Crippen molar-refractivity contribution in [3.8, 4) is 0 Å². The van der Waals surface area contributed by atoms with E-state index < -0.39 is 23.3 Å². The molecule has 0 aliphatic rings. The lowest BCUT2D eigenvalue weighted by Gasteiger charge is -2.24. The maximum atomic E-state index is 13.0. The lowest BCUT2D eigenvalue weighted by atomic mass is 9.96. The summed E-state index contributed by atoms with van der Waals surface area (Å²) in [5.41, 5.74) is -0.618. The molecular formula is C16H16F2N2O2. The summed E-state index contributed by atoms with van der Waals surface area (Å²) >= 11 is 0. The topological polar surface area (TPSA) is 61.4 Å². The summed E-state index contributed by atoms with van der Waals surface area (Å²) in [4.78, 5) is 11.7. The highest BCUT2D eigenvalue weighted by Crippen LogP contribution is 2.19. The number of benzene rings is 2. The number of carbonyl (C=O) groups excluding carboxylic acids is 1. The van der Waals surface area contributed by atoms with E-state index in [0.29, 0.717) is 11.6 Å². The largest absolute Gasteiger partial charge is 0.384 e. The zero-order valence-corrected chi connectivity index (χ0v) is 11.9. The summed E-state index contributed by atoms with van der Waals surface area (Å²) in [6, 6.07) is 10.9. The van der Waals surface area contributed by atoms with Crippen LogP contribution in [0.4, 0.5) is 19.3 Å². The Morgan fingerprint density at radius 1 is 1.14 bits per heavy atom. The minimum Gasteiger partial charge on any atom is -0.384 e. The Morgan fingerprint density at radius 3 is 2.32 bits per heavy atom. The number of anilines is 1. The first-order valence-electron chi connectivity index (χ1n) is 6.66. The van der Waals surface area contributed by atoms with Crippen LogP contribution in [-0.2, 0) is 5.60 Å². The zero-order chi connectivity index (χ0) is 16.2. The Kier molecular flexibility index (Phi) is 4.72. The fourth-order valence-corrected chi connectivity index (χ4v) is 1.95. The Bertz CT molecular complexity index is 640.